The second-order valence-corrected chi connectivity index (χ2v) is 8.72. The quantitative estimate of drug-likeness (QED) is 0.453. The van der Waals surface area contributed by atoms with Crippen LogP contribution in [0.2, 0.25) is 6.82 Å². The fraction of sp³-hybridized carbons (Fsp3) is 0.292. The van der Waals surface area contributed by atoms with Crippen molar-refractivity contribution in [3.8, 4) is 0 Å². The molecule has 0 radical (unpaired) electrons. The summed E-state index contributed by atoms with van der Waals surface area (Å²) in [5, 5.41) is 1.31. The summed E-state index contributed by atoms with van der Waals surface area (Å²) in [5.74, 6) is 1.22. The first kappa shape index (κ1) is 17.8. The Morgan fingerprint density at radius 1 is 0.926 bits per heavy atom. The van der Waals surface area contributed by atoms with Gasteiger partial charge >= 0.3 is 6.85 Å². The molecule has 0 saturated heterocycles. The topological polar surface area (TPSA) is 7.12 Å². The highest BCUT2D eigenvalue weighted by Crippen LogP contribution is 2.37. The first-order valence-corrected chi connectivity index (χ1v) is 9.77. The van der Waals surface area contributed by atoms with Gasteiger partial charge in [0.1, 0.15) is 5.52 Å². The average Bonchev–Trinajstić information content (AvgIpc) is 2.63. The summed E-state index contributed by atoms with van der Waals surface area (Å²) in [7, 11) is 2.18. The van der Waals surface area contributed by atoms with Crippen LogP contribution in [0.1, 0.15) is 31.9 Å². The van der Waals surface area contributed by atoms with E-state index in [2.05, 4.69) is 112 Å². The summed E-state index contributed by atoms with van der Waals surface area (Å²) in [5.41, 5.74) is 6.84. The van der Waals surface area contributed by atoms with Crippen molar-refractivity contribution in [2.75, 3.05) is 4.81 Å². The lowest BCUT2D eigenvalue weighted by atomic mass is 9.52. The molecule has 3 aromatic rings. The van der Waals surface area contributed by atoms with E-state index >= 15 is 0 Å². The number of benzene rings is 2. The van der Waals surface area contributed by atoms with E-state index < -0.39 is 0 Å². The van der Waals surface area contributed by atoms with Gasteiger partial charge in [0.05, 0.1) is 13.2 Å². The Hall–Kier alpha value is -2.55. The molecular weight excluding hydrogens is 327 g/mol. The lowest BCUT2D eigenvalue weighted by Crippen LogP contribution is -2.52. The van der Waals surface area contributed by atoms with Crippen LogP contribution >= 0.6 is 0 Å². The van der Waals surface area contributed by atoms with Crippen LogP contribution in [0.15, 0.2) is 60.8 Å². The number of aromatic nitrogens is 1. The molecule has 0 spiro atoms. The number of allylic oxidation sites excluding steroid dienone is 1. The molecule has 4 rings (SSSR count). The molecule has 0 bridgehead atoms. The fourth-order valence-electron chi connectivity index (χ4n) is 4.27. The smallest absolute Gasteiger partial charge is 0.293 e. The monoisotopic (exact) mass is 355 g/mol. The molecule has 2 heterocycles. The predicted octanol–water partition coefficient (Wildman–Crippen LogP) is 4.71. The maximum atomic E-state index is 2.44. The Morgan fingerprint density at radius 2 is 1.67 bits per heavy atom. The molecule has 0 N–H and O–H groups in total. The lowest BCUT2D eigenvalue weighted by Gasteiger charge is -2.33. The number of hydrogen-bond acceptors (Lipinski definition) is 1. The van der Waals surface area contributed by atoms with Crippen molar-refractivity contribution >= 4 is 34.6 Å². The lowest BCUT2D eigenvalue weighted by molar-refractivity contribution is -0.631. The third-order valence-electron chi connectivity index (χ3n) is 5.86. The molecule has 27 heavy (non-hydrogen) atoms. The Morgan fingerprint density at radius 3 is 2.41 bits per heavy atom. The summed E-state index contributed by atoms with van der Waals surface area (Å²) in [6.07, 6.45) is 2.37. The van der Waals surface area contributed by atoms with Gasteiger partial charge in [0, 0.05) is 17.0 Å². The maximum Gasteiger partial charge on any atom is 0.409 e. The van der Waals surface area contributed by atoms with E-state index in [-0.39, 0.29) is 5.41 Å². The van der Waals surface area contributed by atoms with Crippen LogP contribution in [-0.4, -0.2) is 6.85 Å². The second kappa shape index (κ2) is 6.26. The minimum absolute atomic E-state index is 0.0838. The van der Waals surface area contributed by atoms with Gasteiger partial charge in [-0.15, -0.1) is 0 Å². The Balaban J connectivity index is 1.94. The second-order valence-electron chi connectivity index (χ2n) is 8.72. The van der Waals surface area contributed by atoms with Crippen LogP contribution < -0.4 is 14.8 Å². The number of nitrogens with zero attached hydrogens (tertiary/aromatic N) is 2. The molecule has 0 fully saturated rings. The molecule has 3 heteroatoms. The van der Waals surface area contributed by atoms with Crippen LogP contribution in [-0.2, 0) is 7.05 Å². The Bertz CT molecular complexity index is 1060. The number of pyridine rings is 1. The Kier molecular flexibility index (Phi) is 4.14. The van der Waals surface area contributed by atoms with Crippen molar-refractivity contribution in [3.05, 3.63) is 71.9 Å². The van der Waals surface area contributed by atoms with E-state index in [0.717, 1.165) is 0 Å². The van der Waals surface area contributed by atoms with E-state index in [1.165, 1.54) is 38.9 Å². The van der Waals surface area contributed by atoms with Crippen molar-refractivity contribution in [2.24, 2.45) is 12.5 Å². The third kappa shape index (κ3) is 2.86. The highest BCUT2D eigenvalue weighted by Gasteiger charge is 2.38. The SMILES string of the molecule is CB1c2ccccc2C(C(C)(C)C)=CN1c1ccc2c(C)cccc2[n+]1C. The molecule has 0 atom stereocenters. The van der Waals surface area contributed by atoms with Gasteiger partial charge in [-0.25, -0.2) is 4.57 Å². The molecule has 0 unspecified atom stereocenters. The van der Waals surface area contributed by atoms with Crippen molar-refractivity contribution < 1.29 is 4.57 Å². The van der Waals surface area contributed by atoms with Gasteiger partial charge in [0.2, 0.25) is 0 Å². The summed E-state index contributed by atoms with van der Waals surface area (Å²) in [6.45, 7) is 11.7. The first-order valence-electron chi connectivity index (χ1n) is 9.77. The van der Waals surface area contributed by atoms with Gasteiger partial charge in [-0.1, -0.05) is 57.2 Å². The van der Waals surface area contributed by atoms with Gasteiger partial charge in [0.25, 0.3) is 5.82 Å². The normalized spacial score (nSPS) is 14.4. The minimum Gasteiger partial charge on any atom is -0.293 e. The number of aryl methyl sites for hydroxylation is 2. The van der Waals surface area contributed by atoms with Gasteiger partial charge in [0.15, 0.2) is 0 Å². The summed E-state index contributed by atoms with van der Waals surface area (Å²) < 4.78 is 2.32. The van der Waals surface area contributed by atoms with Crippen molar-refractivity contribution in [3.63, 3.8) is 0 Å². The van der Waals surface area contributed by atoms with Gasteiger partial charge in [-0.05, 0) is 47.9 Å². The summed E-state index contributed by atoms with van der Waals surface area (Å²) in [6, 6.07) is 19.9. The van der Waals surface area contributed by atoms with E-state index in [0.29, 0.717) is 6.85 Å². The fourth-order valence-corrected chi connectivity index (χ4v) is 4.27. The molecule has 2 aromatic carbocycles. The minimum atomic E-state index is 0.0838. The van der Waals surface area contributed by atoms with Gasteiger partial charge in [-0.2, -0.15) is 0 Å². The van der Waals surface area contributed by atoms with Crippen LogP contribution in [0.3, 0.4) is 0 Å². The molecule has 2 nitrogen and oxygen atoms in total. The highest BCUT2D eigenvalue weighted by atomic mass is 15.2. The first-order chi connectivity index (χ1) is 12.8. The Labute approximate surface area is 163 Å². The zero-order valence-corrected chi connectivity index (χ0v) is 17.2. The highest BCUT2D eigenvalue weighted by molar-refractivity contribution is 6.77. The van der Waals surface area contributed by atoms with E-state index in [4.69, 9.17) is 0 Å². The van der Waals surface area contributed by atoms with E-state index in [1.54, 1.807) is 0 Å². The van der Waals surface area contributed by atoms with E-state index in [1.807, 2.05) is 0 Å². The zero-order chi connectivity index (χ0) is 19.3. The molecule has 0 saturated carbocycles. The molecule has 1 aliphatic heterocycles. The van der Waals surface area contributed by atoms with E-state index in [9.17, 15) is 0 Å². The van der Waals surface area contributed by atoms with Crippen LogP contribution in [0, 0.1) is 12.3 Å². The molecular formula is C24H28BN2+. The van der Waals surface area contributed by atoms with Gasteiger partial charge < -0.3 is 0 Å². The third-order valence-corrected chi connectivity index (χ3v) is 5.86. The van der Waals surface area contributed by atoms with Crippen LogP contribution in [0.4, 0.5) is 5.82 Å². The average molecular weight is 355 g/mol. The van der Waals surface area contributed by atoms with Crippen molar-refractivity contribution in [1.82, 2.24) is 0 Å². The molecule has 0 amide bonds. The summed E-state index contributed by atoms with van der Waals surface area (Å²) >= 11 is 0. The molecule has 0 aliphatic carbocycles. The number of hydrogen-bond donors (Lipinski definition) is 0. The molecule has 1 aromatic heterocycles. The largest absolute Gasteiger partial charge is 0.409 e. The number of rotatable bonds is 1. The van der Waals surface area contributed by atoms with Crippen molar-refractivity contribution in [1.29, 1.82) is 0 Å². The maximum absolute atomic E-state index is 2.44. The van der Waals surface area contributed by atoms with Gasteiger partial charge in [-0.3, -0.25) is 4.81 Å². The molecule has 136 valence electrons. The predicted molar refractivity (Wildman–Crippen MR) is 117 cm³/mol. The molecule has 1 aliphatic rings. The zero-order valence-electron chi connectivity index (χ0n) is 17.2. The number of anilines is 1. The number of fused-ring (bicyclic) bond motifs is 2. The van der Waals surface area contributed by atoms with Crippen LogP contribution in [0.5, 0.6) is 0 Å². The van der Waals surface area contributed by atoms with Crippen molar-refractivity contribution in [2.45, 2.75) is 34.5 Å². The van der Waals surface area contributed by atoms with Crippen LogP contribution in [0.25, 0.3) is 16.5 Å². The standard InChI is InChI=1S/C24H28BN2/c1-17-10-9-13-22-18(17)14-15-23(26(22)6)27-16-20(24(2,3)4)19-11-7-8-12-21(19)25(27)5/h7-16H,1-6H3/q+1. The summed E-state index contributed by atoms with van der Waals surface area (Å²) in [4.78, 5) is 2.44.